The Morgan fingerprint density at radius 1 is 1.35 bits per heavy atom. The smallest absolute Gasteiger partial charge is 0.129 e. The molecule has 0 aliphatic heterocycles. The zero-order chi connectivity index (χ0) is 12.8. The van der Waals surface area contributed by atoms with Crippen molar-refractivity contribution in [3.05, 3.63) is 28.2 Å². The van der Waals surface area contributed by atoms with Crippen LogP contribution in [0.1, 0.15) is 32.8 Å². The average Bonchev–Trinajstić information content (AvgIpc) is 2.32. The van der Waals surface area contributed by atoms with Gasteiger partial charge in [0, 0.05) is 13.1 Å². The van der Waals surface area contributed by atoms with Gasteiger partial charge < -0.3 is 5.11 Å². The van der Waals surface area contributed by atoms with Crippen molar-refractivity contribution >= 4 is 15.9 Å². The van der Waals surface area contributed by atoms with Crippen molar-refractivity contribution in [1.29, 1.82) is 0 Å². The normalized spacial score (nSPS) is 13.0. The minimum Gasteiger partial charge on any atom is -0.507 e. The minimum absolute atomic E-state index is 0.304. The molecule has 0 saturated heterocycles. The van der Waals surface area contributed by atoms with Gasteiger partial charge in [-0.3, -0.25) is 4.90 Å². The molecule has 0 heterocycles. The Bertz CT molecular complexity index is 354. The molecule has 1 unspecified atom stereocenters. The van der Waals surface area contributed by atoms with Gasteiger partial charge in [-0.1, -0.05) is 33.3 Å². The van der Waals surface area contributed by atoms with E-state index in [2.05, 4.69) is 41.6 Å². The van der Waals surface area contributed by atoms with E-state index in [-0.39, 0.29) is 0 Å². The van der Waals surface area contributed by atoms with Crippen molar-refractivity contribution in [3.8, 4) is 5.75 Å². The molecule has 1 rings (SSSR count). The van der Waals surface area contributed by atoms with E-state index in [1.54, 1.807) is 6.07 Å². The van der Waals surface area contributed by atoms with Crippen LogP contribution in [-0.2, 0) is 6.54 Å². The Hall–Kier alpha value is -0.540. The van der Waals surface area contributed by atoms with Crippen molar-refractivity contribution in [2.45, 2.75) is 33.7 Å². The Morgan fingerprint density at radius 2 is 2.06 bits per heavy atom. The molecule has 0 aromatic heterocycles. The highest BCUT2D eigenvalue weighted by Crippen LogP contribution is 2.25. The third-order valence-electron chi connectivity index (χ3n) is 3.13. The first-order valence-electron chi connectivity index (χ1n) is 6.26. The number of phenols is 1. The Balaban J connectivity index is 2.63. The van der Waals surface area contributed by atoms with Gasteiger partial charge in [-0.25, -0.2) is 0 Å². The number of phenolic OH excluding ortho intramolecular Hbond substituents is 1. The number of aromatic hydroxyl groups is 1. The molecule has 0 aliphatic rings. The van der Waals surface area contributed by atoms with Gasteiger partial charge in [0.15, 0.2) is 0 Å². The van der Waals surface area contributed by atoms with Crippen molar-refractivity contribution in [2.24, 2.45) is 5.92 Å². The highest BCUT2D eigenvalue weighted by atomic mass is 79.9. The standard InChI is InChI=1S/C14H22BrNO/c1-4-11(3)9-16(5-2)10-12-6-7-14(17)13(15)8-12/h6-8,11,17H,4-5,9-10H2,1-3H3. The number of benzene rings is 1. The van der Waals surface area contributed by atoms with Crippen LogP contribution in [-0.4, -0.2) is 23.1 Å². The van der Waals surface area contributed by atoms with E-state index >= 15 is 0 Å². The van der Waals surface area contributed by atoms with Gasteiger partial charge in [0.2, 0.25) is 0 Å². The quantitative estimate of drug-likeness (QED) is 0.857. The Labute approximate surface area is 113 Å². The number of rotatable bonds is 6. The maximum absolute atomic E-state index is 9.46. The topological polar surface area (TPSA) is 23.5 Å². The first-order valence-corrected chi connectivity index (χ1v) is 7.05. The zero-order valence-electron chi connectivity index (χ0n) is 10.9. The number of halogens is 1. The number of nitrogens with zero attached hydrogens (tertiary/aromatic N) is 1. The maximum atomic E-state index is 9.46. The monoisotopic (exact) mass is 299 g/mol. The van der Waals surface area contributed by atoms with E-state index in [9.17, 15) is 5.11 Å². The summed E-state index contributed by atoms with van der Waals surface area (Å²) in [7, 11) is 0. The molecule has 0 fully saturated rings. The first kappa shape index (κ1) is 14.5. The minimum atomic E-state index is 0.304. The van der Waals surface area contributed by atoms with Crippen LogP contribution in [0.2, 0.25) is 0 Å². The fourth-order valence-electron chi connectivity index (χ4n) is 1.78. The molecule has 0 saturated carbocycles. The summed E-state index contributed by atoms with van der Waals surface area (Å²) in [6.45, 7) is 9.84. The van der Waals surface area contributed by atoms with Gasteiger partial charge in [0.25, 0.3) is 0 Å². The molecule has 0 bridgehead atoms. The SMILES string of the molecule is CCC(C)CN(CC)Cc1ccc(O)c(Br)c1. The molecule has 3 heteroatoms. The van der Waals surface area contributed by atoms with E-state index in [0.717, 1.165) is 30.0 Å². The second-order valence-corrected chi connectivity index (χ2v) is 5.48. The Kier molecular flexibility index (Phi) is 6.00. The van der Waals surface area contributed by atoms with Crippen LogP contribution in [0.15, 0.2) is 22.7 Å². The summed E-state index contributed by atoms with van der Waals surface area (Å²) < 4.78 is 0.773. The molecule has 1 aromatic rings. The van der Waals surface area contributed by atoms with Crippen LogP contribution in [0.25, 0.3) is 0 Å². The molecule has 0 radical (unpaired) electrons. The molecular formula is C14H22BrNO. The third kappa shape index (κ3) is 4.68. The molecule has 1 N–H and O–H groups in total. The summed E-state index contributed by atoms with van der Waals surface area (Å²) in [6, 6.07) is 5.73. The second kappa shape index (κ2) is 7.02. The Morgan fingerprint density at radius 3 is 2.59 bits per heavy atom. The lowest BCUT2D eigenvalue weighted by Crippen LogP contribution is -2.27. The lowest BCUT2D eigenvalue weighted by atomic mass is 10.1. The summed E-state index contributed by atoms with van der Waals surface area (Å²) in [5.41, 5.74) is 1.24. The van der Waals surface area contributed by atoms with Crippen molar-refractivity contribution in [1.82, 2.24) is 4.90 Å². The fraction of sp³-hybridized carbons (Fsp3) is 0.571. The van der Waals surface area contributed by atoms with Gasteiger partial charge in [-0.05, 0) is 46.1 Å². The van der Waals surface area contributed by atoms with E-state index < -0.39 is 0 Å². The van der Waals surface area contributed by atoms with Crippen molar-refractivity contribution in [2.75, 3.05) is 13.1 Å². The lowest BCUT2D eigenvalue weighted by Gasteiger charge is -2.23. The van der Waals surface area contributed by atoms with Crippen molar-refractivity contribution in [3.63, 3.8) is 0 Å². The van der Waals surface area contributed by atoms with Gasteiger partial charge in [-0.15, -0.1) is 0 Å². The summed E-state index contributed by atoms with van der Waals surface area (Å²) in [6.07, 6.45) is 1.22. The molecule has 1 aromatic carbocycles. The third-order valence-corrected chi connectivity index (χ3v) is 3.77. The molecule has 0 amide bonds. The highest BCUT2D eigenvalue weighted by Gasteiger charge is 2.08. The largest absolute Gasteiger partial charge is 0.507 e. The molecule has 0 spiro atoms. The highest BCUT2D eigenvalue weighted by molar-refractivity contribution is 9.10. The molecule has 1 atom stereocenters. The van der Waals surface area contributed by atoms with Crippen LogP contribution in [0.3, 0.4) is 0 Å². The van der Waals surface area contributed by atoms with Crippen LogP contribution in [0.5, 0.6) is 5.75 Å². The molecule has 96 valence electrons. The summed E-state index contributed by atoms with van der Waals surface area (Å²) in [5, 5.41) is 9.46. The molecule has 2 nitrogen and oxygen atoms in total. The lowest BCUT2D eigenvalue weighted by molar-refractivity contribution is 0.238. The van der Waals surface area contributed by atoms with Gasteiger partial charge in [0.05, 0.1) is 4.47 Å². The van der Waals surface area contributed by atoms with Crippen LogP contribution < -0.4 is 0 Å². The zero-order valence-corrected chi connectivity index (χ0v) is 12.5. The summed E-state index contributed by atoms with van der Waals surface area (Å²) in [4.78, 5) is 2.44. The van der Waals surface area contributed by atoms with Gasteiger partial charge in [-0.2, -0.15) is 0 Å². The van der Waals surface area contributed by atoms with Crippen LogP contribution in [0, 0.1) is 5.92 Å². The summed E-state index contributed by atoms with van der Waals surface area (Å²) >= 11 is 3.35. The van der Waals surface area contributed by atoms with E-state index in [1.807, 2.05) is 12.1 Å². The van der Waals surface area contributed by atoms with Crippen molar-refractivity contribution < 1.29 is 5.11 Å². The predicted molar refractivity (Wildman–Crippen MR) is 76.2 cm³/mol. The molecular weight excluding hydrogens is 278 g/mol. The van der Waals surface area contributed by atoms with Gasteiger partial charge in [0.1, 0.15) is 5.75 Å². The number of hydrogen-bond acceptors (Lipinski definition) is 2. The van der Waals surface area contributed by atoms with E-state index in [0.29, 0.717) is 5.75 Å². The first-order chi connectivity index (χ1) is 8.06. The average molecular weight is 300 g/mol. The molecule has 0 aliphatic carbocycles. The summed E-state index contributed by atoms with van der Waals surface area (Å²) in [5.74, 6) is 1.04. The second-order valence-electron chi connectivity index (χ2n) is 4.63. The predicted octanol–water partition coefficient (Wildman–Crippen LogP) is 4.02. The van der Waals surface area contributed by atoms with Crippen LogP contribution >= 0.6 is 15.9 Å². The molecule has 17 heavy (non-hydrogen) atoms. The van der Waals surface area contributed by atoms with E-state index in [1.165, 1.54) is 12.0 Å². The van der Waals surface area contributed by atoms with E-state index in [4.69, 9.17) is 0 Å². The maximum Gasteiger partial charge on any atom is 0.129 e. The number of hydrogen-bond donors (Lipinski definition) is 1. The van der Waals surface area contributed by atoms with Gasteiger partial charge >= 0.3 is 0 Å². The van der Waals surface area contributed by atoms with Crippen LogP contribution in [0.4, 0.5) is 0 Å². The fourth-order valence-corrected chi connectivity index (χ4v) is 2.21.